The van der Waals surface area contributed by atoms with E-state index in [4.69, 9.17) is 4.42 Å². The zero-order valence-corrected chi connectivity index (χ0v) is 11.0. The van der Waals surface area contributed by atoms with Crippen molar-refractivity contribution in [3.05, 3.63) is 57.2 Å². The molecule has 0 saturated heterocycles. The minimum Gasteiger partial charge on any atom is -0.466 e. The van der Waals surface area contributed by atoms with Crippen LogP contribution in [-0.4, -0.2) is 5.78 Å². The van der Waals surface area contributed by atoms with E-state index < -0.39 is 0 Å². The van der Waals surface area contributed by atoms with Gasteiger partial charge in [-0.25, -0.2) is 4.39 Å². The maximum atomic E-state index is 12.9. The van der Waals surface area contributed by atoms with Gasteiger partial charge in [-0.1, -0.05) is 0 Å². The molecular weight excluding hydrogens is 287 g/mol. The van der Waals surface area contributed by atoms with E-state index in [0.29, 0.717) is 27.1 Å². The number of carbonyl (C=O) groups excluding carboxylic acids is 1. The minimum atomic E-state index is -0.381. The predicted octanol–water partition coefficient (Wildman–Crippen LogP) is 4.03. The Labute approximate surface area is 107 Å². The quantitative estimate of drug-likeness (QED) is 0.783. The van der Waals surface area contributed by atoms with Gasteiger partial charge in [0, 0.05) is 10.0 Å². The lowest BCUT2D eigenvalue weighted by Gasteiger charge is -2.02. The summed E-state index contributed by atoms with van der Waals surface area (Å²) in [7, 11) is 0. The smallest absolute Gasteiger partial charge is 0.197 e. The molecule has 0 amide bonds. The Kier molecular flexibility index (Phi) is 3.15. The first kappa shape index (κ1) is 12.0. The van der Waals surface area contributed by atoms with Crippen LogP contribution in [0.3, 0.4) is 0 Å². The third kappa shape index (κ3) is 2.31. The molecule has 0 unspecified atom stereocenters. The molecule has 0 atom stereocenters. The summed E-state index contributed by atoms with van der Waals surface area (Å²) in [6.07, 6.45) is 0. The molecule has 0 spiro atoms. The van der Waals surface area contributed by atoms with E-state index in [1.165, 1.54) is 18.2 Å². The Morgan fingerprint density at radius 3 is 2.47 bits per heavy atom. The van der Waals surface area contributed by atoms with E-state index in [9.17, 15) is 9.18 Å². The summed E-state index contributed by atoms with van der Waals surface area (Å²) in [6.45, 7) is 3.52. The Morgan fingerprint density at radius 1 is 1.24 bits per heavy atom. The number of hydrogen-bond donors (Lipinski definition) is 0. The molecule has 1 heterocycles. The second-order valence-electron chi connectivity index (χ2n) is 3.78. The van der Waals surface area contributed by atoms with Crippen LogP contribution in [0.15, 0.2) is 33.2 Å². The molecule has 0 N–H and O–H groups in total. The van der Waals surface area contributed by atoms with Crippen molar-refractivity contribution in [1.82, 2.24) is 0 Å². The van der Waals surface area contributed by atoms with Crippen LogP contribution >= 0.6 is 15.9 Å². The summed E-state index contributed by atoms with van der Waals surface area (Å²) in [5, 5.41) is 0. The average molecular weight is 297 g/mol. The molecule has 0 saturated carbocycles. The number of rotatable bonds is 2. The third-order valence-electron chi connectivity index (χ3n) is 2.46. The Hall–Kier alpha value is -1.42. The zero-order valence-electron chi connectivity index (χ0n) is 9.38. The van der Waals surface area contributed by atoms with Crippen molar-refractivity contribution in [2.75, 3.05) is 0 Å². The molecule has 2 aromatic rings. The molecule has 0 bridgehead atoms. The fourth-order valence-electron chi connectivity index (χ4n) is 1.67. The van der Waals surface area contributed by atoms with Crippen molar-refractivity contribution < 1.29 is 13.6 Å². The van der Waals surface area contributed by atoms with Gasteiger partial charge in [-0.3, -0.25) is 4.79 Å². The summed E-state index contributed by atoms with van der Waals surface area (Å²) in [4.78, 5) is 12.2. The number of benzene rings is 1. The van der Waals surface area contributed by atoms with Crippen molar-refractivity contribution in [3.63, 3.8) is 0 Å². The predicted molar refractivity (Wildman–Crippen MR) is 65.7 cm³/mol. The molecule has 88 valence electrons. The first-order chi connectivity index (χ1) is 7.99. The first-order valence-corrected chi connectivity index (χ1v) is 5.85. The van der Waals surface area contributed by atoms with E-state index in [0.717, 1.165) is 0 Å². The van der Waals surface area contributed by atoms with Crippen molar-refractivity contribution in [2.45, 2.75) is 13.8 Å². The van der Waals surface area contributed by atoms with E-state index in [-0.39, 0.29) is 11.6 Å². The maximum absolute atomic E-state index is 12.9. The summed E-state index contributed by atoms with van der Waals surface area (Å²) >= 11 is 3.18. The fraction of sp³-hybridized carbons (Fsp3) is 0.154. The number of halogens is 2. The van der Waals surface area contributed by atoms with E-state index in [2.05, 4.69) is 15.9 Å². The van der Waals surface area contributed by atoms with Gasteiger partial charge in [0.05, 0.1) is 5.56 Å². The number of ketones is 1. The van der Waals surface area contributed by atoms with Crippen molar-refractivity contribution in [1.29, 1.82) is 0 Å². The average Bonchev–Trinajstić information content (AvgIpc) is 2.57. The largest absolute Gasteiger partial charge is 0.466 e. The lowest BCUT2D eigenvalue weighted by Crippen LogP contribution is -2.02. The van der Waals surface area contributed by atoms with Gasteiger partial charge in [0.1, 0.15) is 17.3 Å². The summed E-state index contributed by atoms with van der Waals surface area (Å²) in [5.74, 6) is 0.701. The highest BCUT2D eigenvalue weighted by Gasteiger charge is 2.18. The standard InChI is InChI=1S/C13H10BrFO2/c1-7-5-11(8(2)17-7)13(16)10-4-3-9(15)6-12(10)14/h3-6H,1-2H3. The minimum absolute atomic E-state index is 0.175. The van der Waals surface area contributed by atoms with Gasteiger partial charge in [0.25, 0.3) is 0 Å². The Bertz CT molecular complexity index is 587. The highest BCUT2D eigenvalue weighted by atomic mass is 79.9. The fourth-order valence-corrected chi connectivity index (χ4v) is 2.21. The summed E-state index contributed by atoms with van der Waals surface area (Å²) < 4.78 is 18.7. The van der Waals surface area contributed by atoms with Gasteiger partial charge in [-0.05, 0) is 54.0 Å². The van der Waals surface area contributed by atoms with Crippen LogP contribution in [0.1, 0.15) is 27.4 Å². The molecule has 2 rings (SSSR count). The van der Waals surface area contributed by atoms with Gasteiger partial charge < -0.3 is 4.42 Å². The van der Waals surface area contributed by atoms with Crippen molar-refractivity contribution in [2.24, 2.45) is 0 Å². The van der Waals surface area contributed by atoms with Gasteiger partial charge >= 0.3 is 0 Å². The Morgan fingerprint density at radius 2 is 1.94 bits per heavy atom. The highest BCUT2D eigenvalue weighted by Crippen LogP contribution is 2.24. The van der Waals surface area contributed by atoms with E-state index >= 15 is 0 Å². The lowest BCUT2D eigenvalue weighted by molar-refractivity contribution is 0.103. The molecule has 0 radical (unpaired) electrons. The molecule has 2 nitrogen and oxygen atoms in total. The van der Waals surface area contributed by atoms with Crippen LogP contribution in [0.4, 0.5) is 4.39 Å². The Balaban J connectivity index is 2.47. The topological polar surface area (TPSA) is 30.2 Å². The molecular formula is C13H10BrFO2. The number of carbonyl (C=O) groups is 1. The third-order valence-corrected chi connectivity index (χ3v) is 3.12. The van der Waals surface area contributed by atoms with E-state index in [1.807, 2.05) is 0 Å². The van der Waals surface area contributed by atoms with Crippen LogP contribution in [0, 0.1) is 19.7 Å². The number of aryl methyl sites for hydroxylation is 2. The van der Waals surface area contributed by atoms with Crippen LogP contribution < -0.4 is 0 Å². The molecule has 0 aliphatic heterocycles. The second-order valence-corrected chi connectivity index (χ2v) is 4.63. The summed E-state index contributed by atoms with van der Waals surface area (Å²) in [5.41, 5.74) is 0.935. The molecule has 4 heteroatoms. The van der Waals surface area contributed by atoms with Crippen LogP contribution in [0.2, 0.25) is 0 Å². The lowest BCUT2D eigenvalue weighted by atomic mass is 10.0. The number of hydrogen-bond acceptors (Lipinski definition) is 2. The SMILES string of the molecule is Cc1cc(C(=O)c2ccc(F)cc2Br)c(C)o1. The monoisotopic (exact) mass is 296 g/mol. The second kappa shape index (κ2) is 4.45. The molecule has 1 aromatic heterocycles. The van der Waals surface area contributed by atoms with Crippen LogP contribution in [-0.2, 0) is 0 Å². The maximum Gasteiger partial charge on any atom is 0.197 e. The molecule has 0 fully saturated rings. The normalized spacial score (nSPS) is 10.6. The van der Waals surface area contributed by atoms with Gasteiger partial charge in [0.15, 0.2) is 5.78 Å². The zero-order chi connectivity index (χ0) is 12.6. The van der Waals surface area contributed by atoms with E-state index in [1.54, 1.807) is 19.9 Å². The molecule has 0 aliphatic rings. The van der Waals surface area contributed by atoms with Gasteiger partial charge in [-0.2, -0.15) is 0 Å². The van der Waals surface area contributed by atoms with Crippen LogP contribution in [0.25, 0.3) is 0 Å². The van der Waals surface area contributed by atoms with Crippen molar-refractivity contribution in [3.8, 4) is 0 Å². The van der Waals surface area contributed by atoms with Gasteiger partial charge in [-0.15, -0.1) is 0 Å². The van der Waals surface area contributed by atoms with Crippen LogP contribution in [0.5, 0.6) is 0 Å². The van der Waals surface area contributed by atoms with Crippen molar-refractivity contribution >= 4 is 21.7 Å². The van der Waals surface area contributed by atoms with Gasteiger partial charge in [0.2, 0.25) is 0 Å². The first-order valence-electron chi connectivity index (χ1n) is 5.06. The molecule has 0 aliphatic carbocycles. The molecule has 17 heavy (non-hydrogen) atoms. The summed E-state index contributed by atoms with van der Waals surface area (Å²) in [6, 6.07) is 5.69. The molecule has 1 aromatic carbocycles. The number of furan rings is 1. The highest BCUT2D eigenvalue weighted by molar-refractivity contribution is 9.10.